The van der Waals surface area contributed by atoms with Crippen molar-refractivity contribution < 1.29 is 4.52 Å². The van der Waals surface area contributed by atoms with Crippen LogP contribution in [0.4, 0.5) is 0 Å². The SMILES string of the molecule is c1csc(CCNCCc2ncno2)c1. The molecule has 1 N–H and O–H groups in total. The third-order valence-corrected chi connectivity index (χ3v) is 2.99. The summed E-state index contributed by atoms with van der Waals surface area (Å²) in [4.78, 5) is 5.36. The Labute approximate surface area is 92.3 Å². The second kappa shape index (κ2) is 5.63. The number of hydrogen-bond acceptors (Lipinski definition) is 5. The smallest absolute Gasteiger partial charge is 0.227 e. The Morgan fingerprint density at radius 3 is 3.00 bits per heavy atom. The molecule has 80 valence electrons. The third kappa shape index (κ3) is 3.45. The predicted molar refractivity (Wildman–Crippen MR) is 58.9 cm³/mol. The molecule has 0 saturated carbocycles. The number of hydrogen-bond donors (Lipinski definition) is 1. The van der Waals surface area contributed by atoms with Crippen molar-refractivity contribution in [3.63, 3.8) is 0 Å². The summed E-state index contributed by atoms with van der Waals surface area (Å²) in [6.07, 6.45) is 3.31. The van der Waals surface area contributed by atoms with Gasteiger partial charge in [-0.3, -0.25) is 0 Å². The molecule has 0 aromatic carbocycles. The van der Waals surface area contributed by atoms with Crippen molar-refractivity contribution in [3.8, 4) is 0 Å². The first-order valence-corrected chi connectivity index (χ1v) is 5.82. The Morgan fingerprint density at radius 2 is 2.27 bits per heavy atom. The van der Waals surface area contributed by atoms with E-state index in [1.165, 1.54) is 11.2 Å². The van der Waals surface area contributed by atoms with Crippen LogP contribution in [0.3, 0.4) is 0 Å². The van der Waals surface area contributed by atoms with Crippen molar-refractivity contribution in [2.75, 3.05) is 13.1 Å². The van der Waals surface area contributed by atoms with Gasteiger partial charge in [0.25, 0.3) is 0 Å². The Hall–Kier alpha value is -1.20. The monoisotopic (exact) mass is 223 g/mol. The summed E-state index contributed by atoms with van der Waals surface area (Å²) in [5.74, 6) is 0.693. The van der Waals surface area contributed by atoms with Gasteiger partial charge in [-0.2, -0.15) is 4.98 Å². The van der Waals surface area contributed by atoms with Crippen LogP contribution in [-0.2, 0) is 12.8 Å². The number of nitrogens with one attached hydrogen (secondary N) is 1. The van der Waals surface area contributed by atoms with Crippen molar-refractivity contribution in [2.45, 2.75) is 12.8 Å². The molecule has 0 bridgehead atoms. The first-order valence-electron chi connectivity index (χ1n) is 4.94. The van der Waals surface area contributed by atoms with Crippen LogP contribution in [0.25, 0.3) is 0 Å². The van der Waals surface area contributed by atoms with Gasteiger partial charge < -0.3 is 9.84 Å². The average molecular weight is 223 g/mol. The third-order valence-electron chi connectivity index (χ3n) is 2.05. The Bertz CT molecular complexity index is 322. The molecule has 0 aliphatic heterocycles. The van der Waals surface area contributed by atoms with Crippen molar-refractivity contribution >= 4 is 11.3 Å². The van der Waals surface area contributed by atoms with Crippen LogP contribution >= 0.6 is 11.3 Å². The second-order valence-corrected chi connectivity index (χ2v) is 4.20. The van der Waals surface area contributed by atoms with Crippen molar-refractivity contribution in [3.05, 3.63) is 34.6 Å². The van der Waals surface area contributed by atoms with Crippen LogP contribution in [-0.4, -0.2) is 23.2 Å². The summed E-state index contributed by atoms with van der Waals surface area (Å²) >= 11 is 1.80. The van der Waals surface area contributed by atoms with Crippen LogP contribution in [0.1, 0.15) is 10.8 Å². The summed E-state index contributed by atoms with van der Waals surface area (Å²) in [5, 5.41) is 9.00. The maximum atomic E-state index is 4.89. The van der Waals surface area contributed by atoms with Crippen molar-refractivity contribution in [1.29, 1.82) is 0 Å². The van der Waals surface area contributed by atoms with Gasteiger partial charge >= 0.3 is 0 Å². The lowest BCUT2D eigenvalue weighted by atomic mass is 10.3. The van der Waals surface area contributed by atoms with Gasteiger partial charge in [-0.05, 0) is 24.4 Å². The molecule has 0 saturated heterocycles. The molecular formula is C10H13N3OS. The largest absolute Gasteiger partial charge is 0.340 e. The minimum absolute atomic E-state index is 0.693. The number of nitrogens with zero attached hydrogens (tertiary/aromatic N) is 2. The molecule has 15 heavy (non-hydrogen) atoms. The highest BCUT2D eigenvalue weighted by Gasteiger charge is 1.98. The van der Waals surface area contributed by atoms with E-state index in [0.717, 1.165) is 25.9 Å². The summed E-state index contributed by atoms with van der Waals surface area (Å²) in [6.45, 7) is 1.88. The molecular weight excluding hydrogens is 210 g/mol. The van der Waals surface area contributed by atoms with Crippen LogP contribution in [0.15, 0.2) is 28.4 Å². The van der Waals surface area contributed by atoms with E-state index >= 15 is 0 Å². The highest BCUT2D eigenvalue weighted by Crippen LogP contribution is 2.07. The molecule has 0 aliphatic rings. The van der Waals surface area contributed by atoms with E-state index in [2.05, 4.69) is 33.0 Å². The Kier molecular flexibility index (Phi) is 3.87. The fourth-order valence-corrected chi connectivity index (χ4v) is 2.00. The van der Waals surface area contributed by atoms with Gasteiger partial charge in [0, 0.05) is 17.8 Å². The van der Waals surface area contributed by atoms with Crippen molar-refractivity contribution in [1.82, 2.24) is 15.5 Å². The van der Waals surface area contributed by atoms with Crippen molar-refractivity contribution in [2.24, 2.45) is 0 Å². The van der Waals surface area contributed by atoms with E-state index in [1.807, 2.05) is 0 Å². The van der Waals surface area contributed by atoms with E-state index in [4.69, 9.17) is 4.52 Å². The molecule has 0 unspecified atom stereocenters. The highest BCUT2D eigenvalue weighted by atomic mass is 32.1. The lowest BCUT2D eigenvalue weighted by Crippen LogP contribution is -2.19. The minimum atomic E-state index is 0.693. The van der Waals surface area contributed by atoms with Gasteiger partial charge in [-0.15, -0.1) is 11.3 Å². The molecule has 0 amide bonds. The second-order valence-electron chi connectivity index (χ2n) is 3.16. The molecule has 5 heteroatoms. The van der Waals surface area contributed by atoms with Gasteiger partial charge in [0.1, 0.15) is 0 Å². The van der Waals surface area contributed by atoms with Gasteiger partial charge in [0.05, 0.1) is 0 Å². The van der Waals surface area contributed by atoms with Crippen LogP contribution in [0.2, 0.25) is 0 Å². The maximum absolute atomic E-state index is 4.89. The molecule has 0 fully saturated rings. The van der Waals surface area contributed by atoms with Crippen LogP contribution < -0.4 is 5.32 Å². The molecule has 0 radical (unpaired) electrons. The average Bonchev–Trinajstić information content (AvgIpc) is 2.88. The van der Waals surface area contributed by atoms with E-state index in [0.29, 0.717) is 5.89 Å². The maximum Gasteiger partial charge on any atom is 0.227 e. The fraction of sp³-hybridized carbons (Fsp3) is 0.400. The molecule has 2 aromatic heterocycles. The molecule has 4 nitrogen and oxygen atoms in total. The van der Waals surface area contributed by atoms with E-state index in [-0.39, 0.29) is 0 Å². The van der Waals surface area contributed by atoms with Gasteiger partial charge in [-0.1, -0.05) is 11.2 Å². The Balaban J connectivity index is 1.56. The molecule has 2 rings (SSSR count). The first kappa shape index (κ1) is 10.3. The van der Waals surface area contributed by atoms with Gasteiger partial charge in [0.2, 0.25) is 5.89 Å². The van der Waals surface area contributed by atoms with Gasteiger partial charge in [-0.25, -0.2) is 0 Å². The van der Waals surface area contributed by atoms with E-state index in [1.54, 1.807) is 11.3 Å². The van der Waals surface area contributed by atoms with Gasteiger partial charge in [0.15, 0.2) is 6.33 Å². The van der Waals surface area contributed by atoms with E-state index < -0.39 is 0 Å². The molecule has 0 atom stereocenters. The number of rotatable bonds is 6. The summed E-state index contributed by atoms with van der Waals surface area (Å²) in [6, 6.07) is 4.24. The Morgan fingerprint density at radius 1 is 1.33 bits per heavy atom. The molecule has 2 aromatic rings. The highest BCUT2D eigenvalue weighted by molar-refractivity contribution is 7.09. The normalized spacial score (nSPS) is 10.7. The molecule has 0 spiro atoms. The minimum Gasteiger partial charge on any atom is -0.340 e. The predicted octanol–water partition coefficient (Wildman–Crippen LogP) is 1.51. The summed E-state index contributed by atoms with van der Waals surface area (Å²) in [5.41, 5.74) is 0. The molecule has 0 aliphatic carbocycles. The zero-order valence-corrected chi connectivity index (χ0v) is 9.17. The van der Waals surface area contributed by atoms with E-state index in [9.17, 15) is 0 Å². The summed E-state index contributed by atoms with van der Waals surface area (Å²) in [7, 11) is 0. The topological polar surface area (TPSA) is 51.0 Å². The summed E-state index contributed by atoms with van der Waals surface area (Å²) < 4.78 is 4.89. The number of aromatic nitrogens is 2. The first-order chi connectivity index (χ1) is 7.45. The zero-order valence-electron chi connectivity index (χ0n) is 8.35. The molecule has 2 heterocycles. The quantitative estimate of drug-likeness (QED) is 0.754. The zero-order chi connectivity index (χ0) is 10.3. The lowest BCUT2D eigenvalue weighted by Gasteiger charge is -2.00. The standard InChI is InChI=1S/C10H13N3OS/c1-2-9(15-7-1)3-5-11-6-4-10-12-8-13-14-10/h1-2,7-8,11H,3-6H2. The lowest BCUT2D eigenvalue weighted by molar-refractivity contribution is 0.375. The number of thiophene rings is 1. The van der Waals surface area contributed by atoms with Crippen LogP contribution in [0.5, 0.6) is 0 Å². The fourth-order valence-electron chi connectivity index (χ4n) is 1.29. The van der Waals surface area contributed by atoms with Crippen LogP contribution in [0, 0.1) is 0 Å².